The van der Waals surface area contributed by atoms with Crippen molar-refractivity contribution in [3.05, 3.63) is 34.4 Å². The van der Waals surface area contributed by atoms with Crippen molar-refractivity contribution >= 4 is 5.78 Å². The molecule has 0 bridgehead atoms. The van der Waals surface area contributed by atoms with E-state index in [1.165, 1.54) is 0 Å². The van der Waals surface area contributed by atoms with E-state index in [0.717, 1.165) is 0 Å². The van der Waals surface area contributed by atoms with Crippen LogP contribution in [0.5, 0.6) is 0 Å². The van der Waals surface area contributed by atoms with Gasteiger partial charge in [0, 0.05) is 6.92 Å². The van der Waals surface area contributed by atoms with Crippen molar-refractivity contribution in [1.82, 2.24) is 0 Å². The Morgan fingerprint density at radius 3 is 1.71 bits per heavy atom. The first-order valence-electron chi connectivity index (χ1n) is 4.34. The molecule has 0 fully saturated rings. The second-order valence-electron chi connectivity index (χ2n) is 3.45. The van der Waals surface area contributed by atoms with Crippen LogP contribution in [0.1, 0.15) is 29.8 Å². The van der Waals surface area contributed by atoms with Gasteiger partial charge in [0.25, 0.3) is 5.92 Å². The minimum Gasteiger partial charge on any atom is -0.294 e. The largest absolute Gasteiger partial charge is 0.294 e. The SMILES string of the molecule is CC(=O)c1c(F)c(F)c(F)c(F)c1C(C)(F)F. The highest BCUT2D eigenvalue weighted by atomic mass is 19.3. The molecule has 0 aliphatic rings. The molecule has 1 rings (SSSR count). The van der Waals surface area contributed by atoms with Gasteiger partial charge in [0.05, 0.1) is 11.1 Å². The Balaban J connectivity index is 3.86. The van der Waals surface area contributed by atoms with Crippen LogP contribution in [0.25, 0.3) is 0 Å². The second kappa shape index (κ2) is 4.05. The topological polar surface area (TPSA) is 17.1 Å². The summed E-state index contributed by atoms with van der Waals surface area (Å²) in [4.78, 5) is 10.9. The molecule has 0 unspecified atom stereocenters. The molecule has 0 spiro atoms. The lowest BCUT2D eigenvalue weighted by atomic mass is 9.97. The van der Waals surface area contributed by atoms with Gasteiger partial charge >= 0.3 is 0 Å². The maximum absolute atomic E-state index is 13.1. The van der Waals surface area contributed by atoms with Gasteiger partial charge in [-0.3, -0.25) is 4.79 Å². The summed E-state index contributed by atoms with van der Waals surface area (Å²) in [7, 11) is 0. The van der Waals surface area contributed by atoms with Crippen LogP contribution in [0.3, 0.4) is 0 Å². The van der Waals surface area contributed by atoms with E-state index in [4.69, 9.17) is 0 Å². The fourth-order valence-corrected chi connectivity index (χ4v) is 1.37. The van der Waals surface area contributed by atoms with Gasteiger partial charge in [-0.1, -0.05) is 0 Å². The number of alkyl halides is 2. The smallest absolute Gasteiger partial charge is 0.274 e. The van der Waals surface area contributed by atoms with E-state index >= 15 is 0 Å². The van der Waals surface area contributed by atoms with Crippen LogP contribution in [0, 0.1) is 23.3 Å². The zero-order chi connectivity index (χ0) is 13.5. The van der Waals surface area contributed by atoms with E-state index in [1.54, 1.807) is 0 Å². The summed E-state index contributed by atoms with van der Waals surface area (Å²) in [6, 6.07) is 0. The van der Waals surface area contributed by atoms with Gasteiger partial charge in [-0.05, 0) is 6.92 Å². The van der Waals surface area contributed by atoms with E-state index in [2.05, 4.69) is 0 Å². The summed E-state index contributed by atoms with van der Waals surface area (Å²) >= 11 is 0. The number of Topliss-reactive ketones (excluding diaryl/α,β-unsaturated/α-hetero) is 1. The van der Waals surface area contributed by atoms with Gasteiger partial charge in [-0.25, -0.2) is 26.3 Å². The van der Waals surface area contributed by atoms with Crippen LogP contribution in [-0.4, -0.2) is 5.78 Å². The van der Waals surface area contributed by atoms with Crippen LogP contribution in [0.15, 0.2) is 0 Å². The third kappa shape index (κ3) is 2.13. The quantitative estimate of drug-likeness (QED) is 0.342. The Kier molecular flexibility index (Phi) is 3.22. The lowest BCUT2D eigenvalue weighted by Crippen LogP contribution is -2.20. The van der Waals surface area contributed by atoms with Crippen LogP contribution in [0.2, 0.25) is 0 Å². The Hall–Kier alpha value is -1.53. The van der Waals surface area contributed by atoms with Crippen LogP contribution >= 0.6 is 0 Å². The van der Waals surface area contributed by atoms with Gasteiger partial charge in [0.15, 0.2) is 29.1 Å². The molecule has 0 radical (unpaired) electrons. The Bertz CT molecular complexity index is 489. The molecule has 0 aromatic heterocycles. The third-order valence-corrected chi connectivity index (χ3v) is 2.06. The number of rotatable bonds is 2. The molecule has 1 aromatic rings. The predicted octanol–water partition coefficient (Wildman–Crippen LogP) is 3.56. The lowest BCUT2D eigenvalue weighted by molar-refractivity contribution is 0.0113. The van der Waals surface area contributed by atoms with Crippen LogP contribution in [-0.2, 0) is 5.92 Å². The normalized spacial score (nSPS) is 11.8. The number of ketones is 1. The maximum atomic E-state index is 13.1. The van der Waals surface area contributed by atoms with Crippen molar-refractivity contribution in [3.8, 4) is 0 Å². The van der Waals surface area contributed by atoms with E-state index in [0.29, 0.717) is 6.92 Å². The standard InChI is InChI=1S/C10H6F6O/c1-3(17)4-5(10(2,15)16)7(12)9(14)8(13)6(4)11/h1-2H3. The van der Waals surface area contributed by atoms with Crippen molar-refractivity contribution in [2.75, 3.05) is 0 Å². The highest BCUT2D eigenvalue weighted by Gasteiger charge is 2.38. The zero-order valence-corrected chi connectivity index (χ0v) is 8.68. The van der Waals surface area contributed by atoms with Gasteiger partial charge in [0.2, 0.25) is 0 Å². The molecule has 0 amide bonds. The average molecular weight is 256 g/mol. The highest BCUT2D eigenvalue weighted by molar-refractivity contribution is 5.96. The first-order chi connectivity index (χ1) is 7.59. The fourth-order valence-electron chi connectivity index (χ4n) is 1.37. The molecule has 0 atom stereocenters. The van der Waals surface area contributed by atoms with Gasteiger partial charge in [-0.15, -0.1) is 0 Å². The molecule has 0 aliphatic heterocycles. The zero-order valence-electron chi connectivity index (χ0n) is 8.68. The predicted molar refractivity (Wildman–Crippen MR) is 45.8 cm³/mol. The van der Waals surface area contributed by atoms with Gasteiger partial charge in [-0.2, -0.15) is 0 Å². The molecule has 1 nitrogen and oxygen atoms in total. The molecule has 17 heavy (non-hydrogen) atoms. The molecule has 0 saturated carbocycles. The Labute approximate surface area is 92.0 Å². The van der Waals surface area contributed by atoms with Crippen molar-refractivity contribution in [1.29, 1.82) is 0 Å². The number of carbonyl (C=O) groups is 1. The molecule has 7 heteroatoms. The molecule has 1 aromatic carbocycles. The lowest BCUT2D eigenvalue weighted by Gasteiger charge is -2.16. The van der Waals surface area contributed by atoms with E-state index in [9.17, 15) is 31.1 Å². The molecule has 0 aliphatic carbocycles. The number of hydrogen-bond donors (Lipinski definition) is 0. The molecule has 0 N–H and O–H groups in total. The second-order valence-corrected chi connectivity index (χ2v) is 3.45. The van der Waals surface area contributed by atoms with Crippen molar-refractivity contribution < 1.29 is 31.1 Å². The number of benzene rings is 1. The van der Waals surface area contributed by atoms with E-state index in [1.807, 2.05) is 0 Å². The molecule has 0 heterocycles. The molecule has 0 saturated heterocycles. The summed E-state index contributed by atoms with van der Waals surface area (Å²) in [5.41, 5.74) is -3.25. The van der Waals surface area contributed by atoms with Crippen LogP contribution < -0.4 is 0 Å². The first-order valence-corrected chi connectivity index (χ1v) is 4.34. The Morgan fingerprint density at radius 1 is 0.941 bits per heavy atom. The summed E-state index contributed by atoms with van der Waals surface area (Å²) in [6.07, 6.45) is 0. The van der Waals surface area contributed by atoms with E-state index in [-0.39, 0.29) is 6.92 Å². The monoisotopic (exact) mass is 256 g/mol. The number of halogens is 6. The van der Waals surface area contributed by atoms with Crippen molar-refractivity contribution in [2.24, 2.45) is 0 Å². The summed E-state index contributed by atoms with van der Waals surface area (Å²) in [5.74, 6) is -14.4. The summed E-state index contributed by atoms with van der Waals surface area (Å²) < 4.78 is 77.8. The molecular weight excluding hydrogens is 250 g/mol. The minimum atomic E-state index is -4.01. The fraction of sp³-hybridized carbons (Fsp3) is 0.300. The van der Waals surface area contributed by atoms with Crippen molar-refractivity contribution in [3.63, 3.8) is 0 Å². The first kappa shape index (κ1) is 13.5. The average Bonchev–Trinajstić information content (AvgIpc) is 2.17. The highest BCUT2D eigenvalue weighted by Crippen LogP contribution is 2.36. The van der Waals surface area contributed by atoms with Gasteiger partial charge in [0.1, 0.15) is 0 Å². The minimum absolute atomic E-state index is 0.147. The third-order valence-electron chi connectivity index (χ3n) is 2.06. The van der Waals surface area contributed by atoms with Gasteiger partial charge < -0.3 is 0 Å². The summed E-state index contributed by atoms with van der Waals surface area (Å²) in [5, 5.41) is 0. The Morgan fingerprint density at radius 2 is 1.35 bits per heavy atom. The van der Waals surface area contributed by atoms with Crippen molar-refractivity contribution in [2.45, 2.75) is 19.8 Å². The molecular formula is C10H6F6O. The van der Waals surface area contributed by atoms with Crippen LogP contribution in [0.4, 0.5) is 26.3 Å². The molecule has 94 valence electrons. The maximum Gasteiger partial charge on any atom is 0.274 e. The van der Waals surface area contributed by atoms with E-state index < -0.39 is 46.1 Å². The number of hydrogen-bond acceptors (Lipinski definition) is 1. The summed E-state index contributed by atoms with van der Waals surface area (Å²) in [6.45, 7) is 0.791. The number of carbonyl (C=O) groups excluding carboxylic acids is 1.